The number of nitro groups is 1. The van der Waals surface area contributed by atoms with Gasteiger partial charge in [0.05, 0.1) is 9.82 Å². The number of halogens is 1. The molecule has 1 fully saturated rings. The number of nitrogens with one attached hydrogen (secondary N) is 2. The van der Waals surface area contributed by atoms with Gasteiger partial charge >= 0.3 is 0 Å². The summed E-state index contributed by atoms with van der Waals surface area (Å²) < 4.78 is 29.2. The van der Waals surface area contributed by atoms with E-state index in [1.54, 1.807) is 23.9 Å². The van der Waals surface area contributed by atoms with Gasteiger partial charge in [-0.05, 0) is 116 Å². The first-order chi connectivity index (χ1) is 28.5. The Morgan fingerprint density at radius 2 is 1.75 bits per heavy atom. The van der Waals surface area contributed by atoms with Crippen LogP contribution in [0.25, 0.3) is 11.1 Å². The van der Waals surface area contributed by atoms with Crippen LogP contribution in [0, 0.1) is 10.1 Å². The number of carbonyl (C=O) groups is 1. The Hall–Kier alpha value is -4.92. The predicted octanol–water partition coefficient (Wildman–Crippen LogP) is 8.59. The van der Waals surface area contributed by atoms with Gasteiger partial charge in [0.2, 0.25) is 0 Å². The number of benzene rings is 5. The Labute approximate surface area is 356 Å². The number of sulfonamides is 1. The van der Waals surface area contributed by atoms with Gasteiger partial charge in [0.1, 0.15) is 5.69 Å². The van der Waals surface area contributed by atoms with Crippen molar-refractivity contribution in [2.45, 2.75) is 54.6 Å². The molecule has 2 N–H and O–H groups in total. The van der Waals surface area contributed by atoms with E-state index in [-0.39, 0.29) is 27.9 Å². The highest BCUT2D eigenvalue weighted by Crippen LogP contribution is 2.35. The molecule has 7 rings (SSSR count). The second-order valence-electron chi connectivity index (χ2n) is 15.1. The number of aryl methyl sites for hydroxylation is 1. The quantitative estimate of drug-likeness (QED) is 0.0566. The van der Waals surface area contributed by atoms with Crippen molar-refractivity contribution in [1.82, 2.24) is 14.5 Å². The number of carbonyl (C=O) groups excluding carboxylic acids is 1. The van der Waals surface area contributed by atoms with E-state index in [0.717, 1.165) is 86.3 Å². The molecule has 59 heavy (non-hydrogen) atoms. The zero-order valence-electron chi connectivity index (χ0n) is 33.2. The van der Waals surface area contributed by atoms with E-state index >= 15 is 0 Å². The maximum absolute atomic E-state index is 13.5. The van der Waals surface area contributed by atoms with Crippen molar-refractivity contribution in [2.75, 3.05) is 55.7 Å². The molecular weight excluding hydrogens is 804 g/mol. The molecule has 0 radical (unpaired) electrons. The molecule has 0 aliphatic carbocycles. The number of anilines is 2. The van der Waals surface area contributed by atoms with Gasteiger partial charge in [0.15, 0.2) is 0 Å². The number of rotatable bonds is 16. The third-order valence-corrected chi connectivity index (χ3v) is 13.9. The lowest BCUT2D eigenvalue weighted by atomic mass is 9.92. The van der Waals surface area contributed by atoms with Gasteiger partial charge in [0, 0.05) is 71.3 Å². The van der Waals surface area contributed by atoms with Crippen molar-refractivity contribution in [3.8, 4) is 11.1 Å². The van der Waals surface area contributed by atoms with Gasteiger partial charge in [-0.1, -0.05) is 73.1 Å². The Kier molecular flexibility index (Phi) is 13.6. The number of nitro benzene ring substituents is 1. The Bertz CT molecular complexity index is 2380. The Morgan fingerprint density at radius 3 is 2.51 bits per heavy atom. The van der Waals surface area contributed by atoms with Gasteiger partial charge in [-0.2, -0.15) is 0 Å². The molecule has 5 aromatic carbocycles. The predicted molar refractivity (Wildman–Crippen MR) is 238 cm³/mol. The monoisotopic (exact) mass is 852 g/mol. The normalized spacial score (nSPS) is 15.9. The molecule has 0 bridgehead atoms. The Morgan fingerprint density at radius 1 is 0.983 bits per heavy atom. The maximum atomic E-state index is 13.5. The highest BCUT2D eigenvalue weighted by Gasteiger charge is 2.33. The third kappa shape index (κ3) is 10.5. The van der Waals surface area contributed by atoms with Crippen molar-refractivity contribution in [2.24, 2.45) is 0 Å². The van der Waals surface area contributed by atoms with Crippen LogP contribution in [0.1, 0.15) is 41.3 Å². The van der Waals surface area contributed by atoms with Gasteiger partial charge in [-0.3, -0.25) is 19.8 Å². The number of piperazine rings is 1. The molecular formula is C45H49ClN6O5S2. The summed E-state index contributed by atoms with van der Waals surface area (Å²) in [6.45, 7) is 7.14. The van der Waals surface area contributed by atoms with Gasteiger partial charge in [-0.15, -0.1) is 11.8 Å². The minimum atomic E-state index is -4.44. The number of amides is 1. The summed E-state index contributed by atoms with van der Waals surface area (Å²) in [6, 6.07) is 35.6. The molecule has 14 heteroatoms. The van der Waals surface area contributed by atoms with Crippen molar-refractivity contribution in [1.29, 1.82) is 0 Å². The van der Waals surface area contributed by atoms with Crippen LogP contribution in [-0.2, 0) is 23.0 Å². The fraction of sp³-hybridized carbons (Fsp3) is 0.311. The summed E-state index contributed by atoms with van der Waals surface area (Å²) in [5.41, 5.74) is 5.70. The third-order valence-electron chi connectivity index (χ3n) is 11.2. The van der Waals surface area contributed by atoms with Crippen molar-refractivity contribution >= 4 is 56.4 Å². The summed E-state index contributed by atoms with van der Waals surface area (Å²) in [6.07, 6.45) is 2.37. The van der Waals surface area contributed by atoms with Crippen molar-refractivity contribution in [3.05, 3.63) is 147 Å². The van der Waals surface area contributed by atoms with Gasteiger partial charge < -0.3 is 15.1 Å². The first kappa shape index (κ1) is 42.2. The molecule has 0 aromatic heterocycles. The largest absolute Gasteiger partial charge is 0.376 e. The molecule has 2 aliphatic rings. The molecule has 11 nitrogen and oxygen atoms in total. The van der Waals surface area contributed by atoms with Crippen LogP contribution in [0.5, 0.6) is 0 Å². The molecule has 5 aromatic rings. The second-order valence-corrected chi connectivity index (χ2v) is 18.4. The molecule has 1 amide bonds. The fourth-order valence-electron chi connectivity index (χ4n) is 7.82. The minimum Gasteiger partial charge on any atom is -0.376 e. The van der Waals surface area contributed by atoms with E-state index in [9.17, 15) is 23.3 Å². The van der Waals surface area contributed by atoms with Gasteiger partial charge in [-0.25, -0.2) is 13.1 Å². The lowest BCUT2D eigenvalue weighted by molar-refractivity contribution is -0.384. The zero-order valence-corrected chi connectivity index (χ0v) is 35.6. The van der Waals surface area contributed by atoms with Gasteiger partial charge in [0.25, 0.3) is 21.6 Å². The van der Waals surface area contributed by atoms with Crippen LogP contribution >= 0.6 is 23.4 Å². The van der Waals surface area contributed by atoms with E-state index in [0.29, 0.717) is 16.8 Å². The van der Waals surface area contributed by atoms with E-state index in [1.165, 1.54) is 23.3 Å². The summed E-state index contributed by atoms with van der Waals surface area (Å²) in [5.74, 6) is -0.144. The number of thioether (sulfide) groups is 1. The van der Waals surface area contributed by atoms with Crippen molar-refractivity contribution in [3.63, 3.8) is 0 Å². The minimum absolute atomic E-state index is 0.138. The summed E-state index contributed by atoms with van der Waals surface area (Å²) in [7, 11) is -2.42. The molecule has 0 saturated carbocycles. The van der Waals surface area contributed by atoms with E-state index in [1.807, 2.05) is 55.6 Å². The first-order valence-corrected chi connectivity index (χ1v) is 22.8. The zero-order chi connectivity index (χ0) is 41.5. The average Bonchev–Trinajstić information content (AvgIpc) is 3.24. The summed E-state index contributed by atoms with van der Waals surface area (Å²) in [4.78, 5) is 32.9. The van der Waals surface area contributed by atoms with E-state index in [4.69, 9.17) is 11.6 Å². The smallest absolute Gasteiger partial charge is 0.293 e. The van der Waals surface area contributed by atoms with Crippen LogP contribution in [0.2, 0.25) is 5.02 Å². The van der Waals surface area contributed by atoms with E-state index in [2.05, 4.69) is 68.1 Å². The standard InChI is InChI=1S/C45H49ClN6O5S2/c1-3-49(2)24-23-37(31-58-39-10-5-4-6-11-39)47-42-21-20-40(28-44(42)52(54)55)59(56,57)48-45(53)34-16-22-43-33(27-34)15-19-38-30-50(25-26-51(38)43)29-35-9-7-8-12-41(35)32-13-17-36(46)18-14-32/h4-14,16-18,20-22,27-28,37-38,47H,3,15,19,23-26,29-31H2,1-2H3,(H,48,53)/t37-,38-/m1/s1. The molecule has 2 atom stereocenters. The molecule has 2 aliphatic heterocycles. The molecule has 0 spiro atoms. The van der Waals surface area contributed by atoms with Crippen molar-refractivity contribution < 1.29 is 18.1 Å². The lowest BCUT2D eigenvalue weighted by Crippen LogP contribution is -2.54. The fourth-order valence-corrected chi connectivity index (χ4v) is 9.94. The van der Waals surface area contributed by atoms with Crippen LogP contribution in [-0.4, -0.2) is 86.7 Å². The number of nitrogens with zero attached hydrogens (tertiary/aromatic N) is 4. The van der Waals surface area contributed by atoms with Crippen LogP contribution in [0.4, 0.5) is 17.1 Å². The number of fused-ring (bicyclic) bond motifs is 3. The Balaban J connectivity index is 1.00. The van der Waals surface area contributed by atoms with E-state index < -0.39 is 20.9 Å². The molecule has 0 unspecified atom stereocenters. The number of hydrogen-bond donors (Lipinski definition) is 2. The highest BCUT2D eigenvalue weighted by molar-refractivity contribution is 7.99. The SMILES string of the molecule is CCN(C)CC[C@H](CSc1ccccc1)Nc1ccc(S(=O)(=O)NC(=O)c2ccc3c(c2)CC[C@@H]2CN(Cc4ccccc4-c4ccc(Cl)cc4)CCN32)cc1[N+](=O)[O-]. The molecule has 2 heterocycles. The summed E-state index contributed by atoms with van der Waals surface area (Å²) >= 11 is 7.80. The highest BCUT2D eigenvalue weighted by atomic mass is 35.5. The first-order valence-electron chi connectivity index (χ1n) is 19.9. The maximum Gasteiger partial charge on any atom is 0.293 e. The molecule has 1 saturated heterocycles. The molecule has 308 valence electrons. The van der Waals surface area contributed by atoms with Crippen LogP contribution in [0.15, 0.2) is 125 Å². The average molecular weight is 854 g/mol. The lowest BCUT2D eigenvalue weighted by Gasteiger charge is -2.46. The van der Waals surface area contributed by atoms with Crippen LogP contribution < -0.4 is 14.9 Å². The van der Waals surface area contributed by atoms with Crippen LogP contribution in [0.3, 0.4) is 0 Å². The second kappa shape index (κ2) is 19.0. The number of hydrogen-bond acceptors (Lipinski definition) is 10. The summed E-state index contributed by atoms with van der Waals surface area (Å²) in [5, 5.41) is 16.3. The topological polar surface area (TPSA) is 128 Å².